The average Bonchev–Trinajstić information content (AvgIpc) is 3.17. The van der Waals surface area contributed by atoms with Gasteiger partial charge in [-0.2, -0.15) is 0 Å². The normalized spacial score (nSPS) is 27.3. The molecule has 2 aliphatic heterocycles. The smallest absolute Gasteiger partial charge is 0.256 e. The lowest BCUT2D eigenvalue weighted by molar-refractivity contribution is 0.0705. The van der Waals surface area contributed by atoms with Crippen molar-refractivity contribution in [2.24, 2.45) is 16.7 Å². The lowest BCUT2D eigenvalue weighted by Crippen LogP contribution is -2.37. The van der Waals surface area contributed by atoms with Crippen molar-refractivity contribution in [2.45, 2.75) is 66.1 Å². The van der Waals surface area contributed by atoms with E-state index in [0.29, 0.717) is 18.5 Å². The van der Waals surface area contributed by atoms with Gasteiger partial charge < -0.3 is 15.1 Å². The van der Waals surface area contributed by atoms with Gasteiger partial charge in [-0.1, -0.05) is 52.8 Å². The number of nitrogens with one attached hydrogen (secondary N) is 1. The maximum Gasteiger partial charge on any atom is 0.256 e. The molecule has 3 aliphatic rings. The van der Waals surface area contributed by atoms with E-state index in [-0.39, 0.29) is 28.8 Å². The molecule has 3 unspecified atom stereocenters. The minimum absolute atomic E-state index is 0.0742. The van der Waals surface area contributed by atoms with Crippen LogP contribution in [0.5, 0.6) is 0 Å². The summed E-state index contributed by atoms with van der Waals surface area (Å²) in [4.78, 5) is 30.5. The number of likely N-dealkylation sites (tertiary alicyclic amines) is 1. The maximum absolute atomic E-state index is 13.4. The molecule has 1 N–H and O–H groups in total. The van der Waals surface area contributed by atoms with Crippen molar-refractivity contribution < 1.29 is 9.59 Å². The molecule has 0 radical (unpaired) electrons. The fraction of sp³-hybridized carbons (Fsp3) is 0.517. The van der Waals surface area contributed by atoms with E-state index < -0.39 is 0 Å². The molecule has 180 valence electrons. The lowest BCUT2D eigenvalue weighted by Gasteiger charge is -2.39. The Balaban J connectivity index is 1.34. The van der Waals surface area contributed by atoms with Gasteiger partial charge in [0, 0.05) is 41.5 Å². The molecule has 1 saturated carbocycles. The quantitative estimate of drug-likeness (QED) is 0.601. The lowest BCUT2D eigenvalue weighted by atomic mass is 9.65. The molecule has 1 aliphatic carbocycles. The summed E-state index contributed by atoms with van der Waals surface area (Å²) in [6, 6.07) is 16.0. The van der Waals surface area contributed by atoms with Crippen LogP contribution in [0.25, 0.3) is 0 Å². The first-order chi connectivity index (χ1) is 16.1. The summed E-state index contributed by atoms with van der Waals surface area (Å²) in [6.07, 6.45) is 3.17. The van der Waals surface area contributed by atoms with Gasteiger partial charge in [0.2, 0.25) is 0 Å². The van der Waals surface area contributed by atoms with E-state index in [1.165, 1.54) is 6.42 Å². The second-order valence-corrected chi connectivity index (χ2v) is 12.2. The highest BCUT2D eigenvalue weighted by Gasteiger charge is 2.51. The summed E-state index contributed by atoms with van der Waals surface area (Å²) in [5.41, 5.74) is 3.94. The van der Waals surface area contributed by atoms with Crippen LogP contribution in [-0.4, -0.2) is 40.7 Å². The zero-order valence-electron chi connectivity index (χ0n) is 21.1. The zero-order valence-corrected chi connectivity index (χ0v) is 21.1. The first-order valence-electron chi connectivity index (χ1n) is 12.6. The number of amides is 2. The number of fused-ring (bicyclic) bond motifs is 3. The molecule has 2 aromatic carbocycles. The molecule has 2 amide bonds. The first kappa shape index (κ1) is 22.9. The number of nitrogens with zero attached hydrogens (tertiary/aromatic N) is 2. The fourth-order valence-corrected chi connectivity index (χ4v) is 6.84. The van der Waals surface area contributed by atoms with Gasteiger partial charge in [-0.3, -0.25) is 9.59 Å². The third kappa shape index (κ3) is 4.10. The molecule has 2 heterocycles. The third-order valence-corrected chi connectivity index (χ3v) is 7.73. The Morgan fingerprint density at radius 1 is 1.06 bits per heavy atom. The highest BCUT2D eigenvalue weighted by Crippen LogP contribution is 2.52. The van der Waals surface area contributed by atoms with Gasteiger partial charge >= 0.3 is 0 Å². The molecule has 3 atom stereocenters. The van der Waals surface area contributed by atoms with Gasteiger partial charge in [0.25, 0.3) is 11.8 Å². The second kappa shape index (κ2) is 8.14. The summed E-state index contributed by atoms with van der Waals surface area (Å²) in [6.45, 7) is 12.8. The molecule has 0 spiro atoms. The minimum atomic E-state index is -0.201. The highest BCUT2D eigenvalue weighted by atomic mass is 16.2. The molecule has 0 aromatic heterocycles. The number of carbonyl (C=O) groups is 2. The molecule has 2 bridgehead atoms. The number of benzene rings is 2. The Kier molecular flexibility index (Phi) is 5.50. The monoisotopic (exact) mass is 459 g/mol. The van der Waals surface area contributed by atoms with Gasteiger partial charge in [-0.15, -0.1) is 0 Å². The first-order valence-corrected chi connectivity index (χ1v) is 12.6. The van der Waals surface area contributed by atoms with E-state index in [4.69, 9.17) is 0 Å². The molecule has 5 rings (SSSR count). The Bertz CT molecular complexity index is 1110. The number of anilines is 1. The summed E-state index contributed by atoms with van der Waals surface area (Å²) >= 11 is 0. The van der Waals surface area contributed by atoms with E-state index in [2.05, 4.69) is 44.8 Å². The number of hydrogen-bond acceptors (Lipinski definition) is 3. The Hall–Kier alpha value is -2.82. The van der Waals surface area contributed by atoms with Crippen LogP contribution in [0.4, 0.5) is 5.69 Å². The number of rotatable bonds is 5. The largest absolute Gasteiger partial charge is 0.361 e. The molecule has 1 saturated heterocycles. The minimum Gasteiger partial charge on any atom is -0.361 e. The van der Waals surface area contributed by atoms with Crippen LogP contribution >= 0.6 is 0 Å². The van der Waals surface area contributed by atoms with Crippen LogP contribution in [0.1, 0.15) is 86.3 Å². The summed E-state index contributed by atoms with van der Waals surface area (Å²) in [7, 11) is 0. The molecule has 5 nitrogen and oxygen atoms in total. The van der Waals surface area contributed by atoms with Crippen molar-refractivity contribution in [1.82, 2.24) is 9.80 Å². The number of carbonyl (C=O) groups excluding carboxylic acids is 2. The van der Waals surface area contributed by atoms with Crippen LogP contribution in [0.2, 0.25) is 0 Å². The van der Waals surface area contributed by atoms with Gasteiger partial charge in [-0.25, -0.2) is 0 Å². The van der Waals surface area contributed by atoms with E-state index in [9.17, 15) is 9.59 Å². The summed E-state index contributed by atoms with van der Waals surface area (Å²) in [5.74, 6) is 0.584. The number of hydrogen-bond donors (Lipinski definition) is 1. The second-order valence-electron chi connectivity index (χ2n) is 12.2. The van der Waals surface area contributed by atoms with Crippen molar-refractivity contribution in [3.05, 3.63) is 65.2 Å². The van der Waals surface area contributed by atoms with Gasteiger partial charge in [0.05, 0.1) is 0 Å². The topological polar surface area (TPSA) is 52.7 Å². The van der Waals surface area contributed by atoms with Crippen molar-refractivity contribution in [1.29, 1.82) is 0 Å². The SMILES string of the molecule is CC(C)CN1C(=O)c2ccccc2C1Nc1ccc(C(=O)N2CC3(C)CC2CC(C)(C)C3)cc1. The Labute approximate surface area is 203 Å². The van der Waals surface area contributed by atoms with Crippen molar-refractivity contribution in [3.63, 3.8) is 0 Å². The molecule has 2 aromatic rings. The summed E-state index contributed by atoms with van der Waals surface area (Å²) < 4.78 is 0. The van der Waals surface area contributed by atoms with Crippen LogP contribution < -0.4 is 5.32 Å². The third-order valence-electron chi connectivity index (χ3n) is 7.73. The maximum atomic E-state index is 13.4. The zero-order chi connectivity index (χ0) is 24.3. The van der Waals surface area contributed by atoms with Crippen molar-refractivity contribution in [3.8, 4) is 0 Å². The van der Waals surface area contributed by atoms with E-state index in [1.54, 1.807) is 0 Å². The Morgan fingerprint density at radius 3 is 2.47 bits per heavy atom. The van der Waals surface area contributed by atoms with E-state index in [1.807, 2.05) is 53.4 Å². The standard InChI is InChI=1S/C29H37N3O2/c1-19(2)16-31-25(23-8-6-7-9-24(23)27(31)34)30-21-12-10-20(11-13-21)26(33)32-18-29(5)15-22(32)14-28(3,4)17-29/h6-13,19,22,25,30H,14-18H2,1-5H3. The van der Waals surface area contributed by atoms with Crippen molar-refractivity contribution >= 4 is 17.5 Å². The fourth-order valence-electron chi connectivity index (χ4n) is 6.84. The van der Waals surface area contributed by atoms with Crippen molar-refractivity contribution in [2.75, 3.05) is 18.4 Å². The van der Waals surface area contributed by atoms with Crippen LogP contribution in [0.3, 0.4) is 0 Å². The molecule has 5 heteroatoms. The van der Waals surface area contributed by atoms with Crippen LogP contribution in [0, 0.1) is 16.7 Å². The highest BCUT2D eigenvalue weighted by molar-refractivity contribution is 5.99. The Morgan fingerprint density at radius 2 is 1.76 bits per heavy atom. The predicted molar refractivity (Wildman–Crippen MR) is 136 cm³/mol. The molecule has 2 fully saturated rings. The van der Waals surface area contributed by atoms with E-state index >= 15 is 0 Å². The van der Waals surface area contributed by atoms with Crippen LogP contribution in [-0.2, 0) is 0 Å². The van der Waals surface area contributed by atoms with Gasteiger partial charge in [0.1, 0.15) is 6.17 Å². The van der Waals surface area contributed by atoms with E-state index in [0.717, 1.165) is 41.8 Å². The van der Waals surface area contributed by atoms with Gasteiger partial charge in [0.15, 0.2) is 0 Å². The van der Waals surface area contributed by atoms with Crippen LogP contribution in [0.15, 0.2) is 48.5 Å². The molecular weight excluding hydrogens is 422 g/mol. The van der Waals surface area contributed by atoms with Gasteiger partial charge in [-0.05, 0) is 66.3 Å². The summed E-state index contributed by atoms with van der Waals surface area (Å²) in [5, 5.41) is 3.55. The average molecular weight is 460 g/mol. The molecular formula is C29H37N3O2. The molecule has 34 heavy (non-hydrogen) atoms. The predicted octanol–water partition coefficient (Wildman–Crippen LogP) is 5.95.